The lowest BCUT2D eigenvalue weighted by Gasteiger charge is -2.08. The minimum atomic E-state index is -0.393. The summed E-state index contributed by atoms with van der Waals surface area (Å²) < 4.78 is 11.8. The first-order chi connectivity index (χ1) is 12.9. The van der Waals surface area contributed by atoms with Gasteiger partial charge in [-0.15, -0.1) is 0 Å². The zero-order valence-electron chi connectivity index (χ0n) is 16.0. The molecule has 0 spiro atoms. The quantitative estimate of drug-likeness (QED) is 0.552. The van der Waals surface area contributed by atoms with Crippen molar-refractivity contribution in [1.82, 2.24) is 23.1 Å². The Balaban J connectivity index is 2.10. The lowest BCUT2D eigenvalue weighted by Crippen LogP contribution is -2.37. The van der Waals surface area contributed by atoms with E-state index in [4.69, 9.17) is 4.74 Å². The highest BCUT2D eigenvalue weighted by atomic mass is 16.5. The van der Waals surface area contributed by atoms with Gasteiger partial charge >= 0.3 is 5.69 Å². The molecule has 140 valence electrons. The predicted molar refractivity (Wildman–Crippen MR) is 103 cm³/mol. The number of ether oxygens (including phenoxy) is 1. The van der Waals surface area contributed by atoms with Crippen LogP contribution in [0, 0.1) is 13.8 Å². The van der Waals surface area contributed by atoms with Crippen LogP contribution >= 0.6 is 0 Å². The van der Waals surface area contributed by atoms with Gasteiger partial charge in [-0.1, -0.05) is 0 Å². The topological polar surface area (TPSA) is 75.5 Å². The molecule has 8 nitrogen and oxygen atoms in total. The highest BCUT2D eigenvalue weighted by molar-refractivity contribution is 5.77. The first-order valence-electron chi connectivity index (χ1n) is 8.76. The molecule has 3 heterocycles. The molecule has 0 amide bonds. The number of hydrogen-bond acceptors (Lipinski definition) is 4. The van der Waals surface area contributed by atoms with Crippen LogP contribution in [-0.2, 0) is 14.1 Å². The Kier molecular flexibility index (Phi) is 3.73. The molecule has 3 aromatic heterocycles. The Morgan fingerprint density at radius 1 is 1.00 bits per heavy atom. The van der Waals surface area contributed by atoms with Crippen molar-refractivity contribution in [3.05, 3.63) is 56.5 Å². The fraction of sp³-hybridized carbons (Fsp3) is 0.316. The molecule has 0 atom stereocenters. The average molecular weight is 367 g/mol. The Bertz CT molecular complexity index is 1300. The molecule has 0 aliphatic rings. The molecular formula is C19H21N5O3. The van der Waals surface area contributed by atoms with E-state index in [0.717, 1.165) is 27.4 Å². The van der Waals surface area contributed by atoms with E-state index in [0.29, 0.717) is 23.5 Å². The predicted octanol–water partition coefficient (Wildman–Crippen LogP) is 1.69. The molecule has 0 unspecified atom stereocenters. The molecule has 0 aliphatic heterocycles. The molecule has 1 aromatic carbocycles. The van der Waals surface area contributed by atoms with Gasteiger partial charge in [0.2, 0.25) is 5.78 Å². The summed E-state index contributed by atoms with van der Waals surface area (Å²) in [5.74, 6) is 1.39. The van der Waals surface area contributed by atoms with Crippen LogP contribution < -0.4 is 16.0 Å². The van der Waals surface area contributed by atoms with Crippen molar-refractivity contribution >= 4 is 16.9 Å². The maximum absolute atomic E-state index is 12.8. The summed E-state index contributed by atoms with van der Waals surface area (Å²) in [7, 11) is 3.11. The Morgan fingerprint density at radius 3 is 2.30 bits per heavy atom. The third-order valence-electron chi connectivity index (χ3n) is 5.04. The van der Waals surface area contributed by atoms with E-state index in [2.05, 4.69) is 4.98 Å². The Morgan fingerprint density at radius 2 is 1.67 bits per heavy atom. The van der Waals surface area contributed by atoms with Crippen molar-refractivity contribution in [2.45, 2.75) is 20.8 Å². The fourth-order valence-corrected chi connectivity index (χ4v) is 3.49. The van der Waals surface area contributed by atoms with Gasteiger partial charge in [-0.25, -0.2) is 4.79 Å². The van der Waals surface area contributed by atoms with Crippen LogP contribution in [0.25, 0.3) is 22.6 Å². The summed E-state index contributed by atoms with van der Waals surface area (Å²) in [4.78, 5) is 29.7. The van der Waals surface area contributed by atoms with Gasteiger partial charge in [-0.2, -0.15) is 4.98 Å². The molecule has 8 heteroatoms. The van der Waals surface area contributed by atoms with Crippen LogP contribution in [0.15, 0.2) is 33.9 Å². The zero-order valence-corrected chi connectivity index (χ0v) is 16.0. The van der Waals surface area contributed by atoms with Gasteiger partial charge in [-0.3, -0.25) is 22.9 Å². The molecule has 4 aromatic rings. The van der Waals surface area contributed by atoms with Crippen molar-refractivity contribution in [2.24, 2.45) is 14.1 Å². The second-order valence-corrected chi connectivity index (χ2v) is 6.56. The highest BCUT2D eigenvalue weighted by Crippen LogP contribution is 2.25. The number of fused-ring (bicyclic) bond motifs is 3. The van der Waals surface area contributed by atoms with Crippen molar-refractivity contribution < 1.29 is 4.74 Å². The monoisotopic (exact) mass is 367 g/mol. The molecule has 0 fully saturated rings. The van der Waals surface area contributed by atoms with Gasteiger partial charge in [0.05, 0.1) is 6.61 Å². The molecule has 0 aliphatic carbocycles. The molecule has 4 rings (SSSR count). The van der Waals surface area contributed by atoms with E-state index in [1.165, 1.54) is 11.6 Å². The largest absolute Gasteiger partial charge is 0.494 e. The highest BCUT2D eigenvalue weighted by Gasteiger charge is 2.22. The van der Waals surface area contributed by atoms with Crippen LogP contribution in [0.5, 0.6) is 5.75 Å². The number of aromatic nitrogens is 5. The van der Waals surface area contributed by atoms with Gasteiger partial charge in [0.25, 0.3) is 5.56 Å². The second-order valence-electron chi connectivity index (χ2n) is 6.56. The van der Waals surface area contributed by atoms with Gasteiger partial charge in [0, 0.05) is 31.2 Å². The van der Waals surface area contributed by atoms with E-state index in [1.807, 2.05) is 54.0 Å². The lowest BCUT2D eigenvalue weighted by molar-refractivity contribution is 0.340. The first-order valence-corrected chi connectivity index (χ1v) is 8.76. The summed E-state index contributed by atoms with van der Waals surface area (Å²) >= 11 is 0. The summed E-state index contributed by atoms with van der Waals surface area (Å²) in [5, 5.41) is 0. The zero-order chi connectivity index (χ0) is 19.5. The number of imidazole rings is 2. The van der Waals surface area contributed by atoms with Crippen LogP contribution in [0.2, 0.25) is 0 Å². The maximum atomic E-state index is 12.8. The van der Waals surface area contributed by atoms with E-state index < -0.39 is 5.69 Å². The van der Waals surface area contributed by atoms with E-state index >= 15 is 0 Å². The average Bonchev–Trinajstić information content (AvgIpc) is 3.15. The maximum Gasteiger partial charge on any atom is 0.332 e. The number of nitrogens with zero attached hydrogens (tertiary/aromatic N) is 5. The van der Waals surface area contributed by atoms with Gasteiger partial charge in [0.15, 0.2) is 11.2 Å². The third kappa shape index (κ3) is 2.26. The fourth-order valence-electron chi connectivity index (χ4n) is 3.49. The van der Waals surface area contributed by atoms with Gasteiger partial charge in [0.1, 0.15) is 5.75 Å². The van der Waals surface area contributed by atoms with Crippen LogP contribution in [0.1, 0.15) is 18.3 Å². The minimum absolute atomic E-state index is 0.354. The molecule has 27 heavy (non-hydrogen) atoms. The number of benzene rings is 1. The Hall–Kier alpha value is -3.29. The van der Waals surface area contributed by atoms with Crippen LogP contribution in [0.3, 0.4) is 0 Å². The number of aryl methyl sites for hydroxylation is 2. The molecule has 0 N–H and O–H groups in total. The van der Waals surface area contributed by atoms with E-state index in [1.54, 1.807) is 7.05 Å². The molecule has 0 bridgehead atoms. The summed E-state index contributed by atoms with van der Waals surface area (Å²) in [6, 6.07) is 7.71. The summed E-state index contributed by atoms with van der Waals surface area (Å²) in [5.41, 5.74) is 2.81. The van der Waals surface area contributed by atoms with Crippen molar-refractivity contribution in [2.75, 3.05) is 6.61 Å². The Labute approximate surface area is 154 Å². The molecular weight excluding hydrogens is 346 g/mol. The summed E-state index contributed by atoms with van der Waals surface area (Å²) in [6.07, 6.45) is 0. The first kappa shape index (κ1) is 17.1. The van der Waals surface area contributed by atoms with Crippen LogP contribution in [-0.4, -0.2) is 29.7 Å². The standard InChI is InChI=1S/C19H21N5O3/c1-6-27-14-9-7-13(8-10-14)23-11(2)12(3)24-15-16(20-18(23)24)21(4)19(26)22(5)17(15)25/h7-10H,6H2,1-5H3. The molecule has 0 radical (unpaired) electrons. The lowest BCUT2D eigenvalue weighted by atomic mass is 10.3. The van der Waals surface area contributed by atoms with Gasteiger partial charge in [-0.05, 0) is 45.0 Å². The van der Waals surface area contributed by atoms with E-state index in [-0.39, 0.29) is 5.56 Å². The minimum Gasteiger partial charge on any atom is -0.494 e. The smallest absolute Gasteiger partial charge is 0.332 e. The second kappa shape index (κ2) is 5.87. The van der Waals surface area contributed by atoms with E-state index in [9.17, 15) is 9.59 Å². The number of rotatable bonds is 3. The van der Waals surface area contributed by atoms with Crippen molar-refractivity contribution in [1.29, 1.82) is 0 Å². The summed E-state index contributed by atoms with van der Waals surface area (Å²) in [6.45, 7) is 6.48. The third-order valence-corrected chi connectivity index (χ3v) is 5.04. The molecule has 0 saturated carbocycles. The van der Waals surface area contributed by atoms with Gasteiger partial charge < -0.3 is 4.74 Å². The van der Waals surface area contributed by atoms with Crippen LogP contribution in [0.4, 0.5) is 0 Å². The SMILES string of the molecule is CCOc1ccc(-n2c(C)c(C)n3c4c(=O)n(C)c(=O)n(C)c4nc23)cc1. The number of hydrogen-bond donors (Lipinski definition) is 0. The van der Waals surface area contributed by atoms with Crippen molar-refractivity contribution in [3.63, 3.8) is 0 Å². The van der Waals surface area contributed by atoms with Crippen molar-refractivity contribution in [3.8, 4) is 11.4 Å². The normalized spacial score (nSPS) is 11.6. The molecule has 0 saturated heterocycles.